The van der Waals surface area contributed by atoms with Crippen molar-refractivity contribution in [2.45, 2.75) is 51.2 Å². The fourth-order valence-electron chi connectivity index (χ4n) is 5.63. The van der Waals surface area contributed by atoms with Crippen LogP contribution in [0.15, 0.2) is 54.6 Å². The van der Waals surface area contributed by atoms with Crippen LogP contribution in [0.25, 0.3) is 0 Å². The van der Waals surface area contributed by atoms with Gasteiger partial charge in [-0.25, -0.2) is 0 Å². The Bertz CT molecular complexity index is 1050. The smallest absolute Gasteiger partial charge is 0.254 e. The van der Waals surface area contributed by atoms with Gasteiger partial charge in [0, 0.05) is 44.2 Å². The molecule has 4 fully saturated rings. The van der Waals surface area contributed by atoms with Crippen LogP contribution in [-0.4, -0.2) is 64.1 Å². The molecule has 2 bridgehead atoms. The van der Waals surface area contributed by atoms with E-state index in [1.54, 1.807) is 4.90 Å². The Balaban J connectivity index is 1.32. The third kappa shape index (κ3) is 4.26. The number of nitrogens with zero attached hydrogens (tertiary/aromatic N) is 3. The van der Waals surface area contributed by atoms with E-state index in [2.05, 4.69) is 0 Å². The van der Waals surface area contributed by atoms with E-state index in [1.807, 2.05) is 71.3 Å². The molecule has 3 amide bonds. The number of hydrogen-bond acceptors (Lipinski definition) is 3. The predicted molar refractivity (Wildman–Crippen MR) is 125 cm³/mol. The van der Waals surface area contributed by atoms with Crippen molar-refractivity contribution in [3.8, 4) is 0 Å². The summed E-state index contributed by atoms with van der Waals surface area (Å²) in [6.45, 7) is 4.42. The Hall–Kier alpha value is -3.15. The Labute approximate surface area is 195 Å². The number of fused-ring (bicyclic) bond motifs is 4. The van der Waals surface area contributed by atoms with Crippen LogP contribution in [0.2, 0.25) is 0 Å². The normalized spacial score (nSPS) is 24.8. The minimum Gasteiger partial charge on any atom is -0.338 e. The first-order chi connectivity index (χ1) is 16.0. The van der Waals surface area contributed by atoms with Gasteiger partial charge in [0.2, 0.25) is 11.8 Å². The molecule has 6 heteroatoms. The van der Waals surface area contributed by atoms with Crippen LogP contribution >= 0.6 is 0 Å². The molecule has 172 valence electrons. The average Bonchev–Trinajstić information content (AvgIpc) is 3.00. The van der Waals surface area contributed by atoms with Gasteiger partial charge in [0.15, 0.2) is 0 Å². The van der Waals surface area contributed by atoms with E-state index in [0.29, 0.717) is 44.6 Å². The first kappa shape index (κ1) is 21.7. The topological polar surface area (TPSA) is 60.9 Å². The van der Waals surface area contributed by atoms with Gasteiger partial charge in [-0.2, -0.15) is 0 Å². The van der Waals surface area contributed by atoms with Gasteiger partial charge in [0.25, 0.3) is 5.91 Å². The van der Waals surface area contributed by atoms with E-state index >= 15 is 0 Å². The van der Waals surface area contributed by atoms with Crippen molar-refractivity contribution < 1.29 is 14.4 Å². The van der Waals surface area contributed by atoms with Crippen LogP contribution in [0.1, 0.15) is 47.2 Å². The number of piperidine rings is 1. The first-order valence-electron chi connectivity index (χ1n) is 12.0. The Morgan fingerprint density at radius 3 is 2.45 bits per heavy atom. The molecule has 0 aliphatic carbocycles. The molecule has 6 nitrogen and oxygen atoms in total. The fraction of sp³-hybridized carbons (Fsp3) is 0.444. The number of amides is 3. The van der Waals surface area contributed by atoms with Gasteiger partial charge >= 0.3 is 0 Å². The lowest BCUT2D eigenvalue weighted by atomic mass is 9.94. The van der Waals surface area contributed by atoms with Crippen molar-refractivity contribution in [3.63, 3.8) is 0 Å². The largest absolute Gasteiger partial charge is 0.338 e. The lowest BCUT2D eigenvalue weighted by Gasteiger charge is -2.36. The minimum atomic E-state index is -0.409. The first-order valence-corrected chi connectivity index (χ1v) is 12.0. The van der Waals surface area contributed by atoms with Crippen molar-refractivity contribution in [2.75, 3.05) is 19.6 Å². The highest BCUT2D eigenvalue weighted by molar-refractivity contribution is 5.95. The molecule has 4 aliphatic rings. The van der Waals surface area contributed by atoms with Gasteiger partial charge in [0.1, 0.15) is 6.04 Å². The van der Waals surface area contributed by atoms with Crippen LogP contribution in [0, 0.1) is 12.8 Å². The van der Waals surface area contributed by atoms with Crippen molar-refractivity contribution in [2.24, 2.45) is 5.92 Å². The molecule has 4 heterocycles. The van der Waals surface area contributed by atoms with Gasteiger partial charge < -0.3 is 14.7 Å². The number of carbonyl (C=O) groups excluding carboxylic acids is 3. The van der Waals surface area contributed by atoms with Crippen LogP contribution < -0.4 is 0 Å². The maximum atomic E-state index is 13.7. The second-order valence-corrected chi connectivity index (χ2v) is 9.67. The molecule has 4 saturated heterocycles. The van der Waals surface area contributed by atoms with Gasteiger partial charge in [0.05, 0.1) is 0 Å². The summed E-state index contributed by atoms with van der Waals surface area (Å²) in [5.41, 5.74) is 2.92. The van der Waals surface area contributed by atoms with E-state index in [1.165, 1.54) is 0 Å². The van der Waals surface area contributed by atoms with Gasteiger partial charge in [-0.1, -0.05) is 42.5 Å². The maximum Gasteiger partial charge on any atom is 0.254 e. The Kier molecular flexibility index (Phi) is 5.92. The second-order valence-electron chi connectivity index (χ2n) is 9.67. The number of likely N-dealkylation sites (tertiary alicyclic amines) is 1. The van der Waals surface area contributed by atoms with Crippen LogP contribution in [0.3, 0.4) is 0 Å². The van der Waals surface area contributed by atoms with Crippen molar-refractivity contribution in [3.05, 3.63) is 71.3 Å². The monoisotopic (exact) mass is 445 g/mol. The highest BCUT2D eigenvalue weighted by Gasteiger charge is 2.43. The number of hydrogen-bond donors (Lipinski definition) is 0. The summed E-state index contributed by atoms with van der Waals surface area (Å²) in [6, 6.07) is 17.1. The van der Waals surface area contributed by atoms with E-state index in [-0.39, 0.29) is 29.7 Å². The molecule has 0 radical (unpaired) electrons. The number of aryl methyl sites for hydroxylation is 1. The molecule has 0 saturated carbocycles. The van der Waals surface area contributed by atoms with Crippen molar-refractivity contribution >= 4 is 17.7 Å². The minimum absolute atomic E-state index is 0.0299. The van der Waals surface area contributed by atoms with Crippen molar-refractivity contribution in [1.29, 1.82) is 0 Å². The number of rotatable bonds is 4. The highest BCUT2D eigenvalue weighted by atomic mass is 16.2. The molecule has 3 atom stereocenters. The van der Waals surface area contributed by atoms with Crippen LogP contribution in [0.4, 0.5) is 0 Å². The Morgan fingerprint density at radius 2 is 1.67 bits per heavy atom. The zero-order chi connectivity index (χ0) is 22.9. The van der Waals surface area contributed by atoms with Gasteiger partial charge in [-0.05, 0) is 55.4 Å². The highest BCUT2D eigenvalue weighted by Crippen LogP contribution is 2.31. The average molecular weight is 446 g/mol. The molecule has 3 unspecified atom stereocenters. The third-order valence-electron chi connectivity index (χ3n) is 7.52. The zero-order valence-corrected chi connectivity index (χ0v) is 19.2. The lowest BCUT2D eigenvalue weighted by Crippen LogP contribution is -2.50. The SMILES string of the molecule is Cc1ccccc1CN1C(=O)CCC1C(=O)N1CC2CCC(C1)N(C(=O)c1ccccc1)C2. The molecule has 6 rings (SSSR count). The number of carbonyl (C=O) groups is 3. The van der Waals surface area contributed by atoms with Gasteiger partial charge in [-0.15, -0.1) is 0 Å². The third-order valence-corrected chi connectivity index (χ3v) is 7.52. The molecule has 0 aromatic heterocycles. The molecule has 33 heavy (non-hydrogen) atoms. The second kappa shape index (κ2) is 9.00. The van der Waals surface area contributed by atoms with Crippen LogP contribution in [-0.2, 0) is 16.1 Å². The summed E-state index contributed by atoms with van der Waals surface area (Å²) in [4.78, 5) is 45.2. The molecule has 2 aromatic rings. The van der Waals surface area contributed by atoms with E-state index in [4.69, 9.17) is 0 Å². The summed E-state index contributed by atoms with van der Waals surface area (Å²) in [7, 11) is 0. The number of benzene rings is 2. The van der Waals surface area contributed by atoms with Crippen LogP contribution in [0.5, 0.6) is 0 Å². The van der Waals surface area contributed by atoms with E-state index in [0.717, 1.165) is 24.0 Å². The quantitative estimate of drug-likeness (QED) is 0.726. The maximum absolute atomic E-state index is 13.7. The predicted octanol–water partition coefficient (Wildman–Crippen LogP) is 3.25. The molecular formula is C27H31N3O3. The van der Waals surface area contributed by atoms with Crippen molar-refractivity contribution in [1.82, 2.24) is 14.7 Å². The molecule has 0 spiro atoms. The molecule has 2 aromatic carbocycles. The summed E-state index contributed by atoms with van der Waals surface area (Å²) >= 11 is 0. The molecular weight excluding hydrogens is 414 g/mol. The summed E-state index contributed by atoms with van der Waals surface area (Å²) in [5.74, 6) is 0.426. The van der Waals surface area contributed by atoms with Gasteiger partial charge in [-0.3, -0.25) is 14.4 Å². The fourth-order valence-corrected chi connectivity index (χ4v) is 5.63. The van der Waals surface area contributed by atoms with E-state index in [9.17, 15) is 14.4 Å². The zero-order valence-electron chi connectivity index (χ0n) is 19.2. The summed E-state index contributed by atoms with van der Waals surface area (Å²) in [6.07, 6.45) is 2.94. The summed E-state index contributed by atoms with van der Waals surface area (Å²) in [5, 5.41) is 0. The molecule has 0 N–H and O–H groups in total. The summed E-state index contributed by atoms with van der Waals surface area (Å²) < 4.78 is 0. The Morgan fingerprint density at radius 1 is 0.909 bits per heavy atom. The van der Waals surface area contributed by atoms with E-state index < -0.39 is 6.04 Å². The lowest BCUT2D eigenvalue weighted by molar-refractivity contribution is -0.142. The molecule has 4 aliphatic heterocycles. The standard InChI is InChI=1S/C27H31N3O3/c1-19-7-5-6-10-22(19)17-30-24(13-14-25(30)31)27(33)28-15-20-11-12-23(18-28)29(16-20)26(32)21-8-3-2-4-9-21/h2-10,20,23-24H,11-18H2,1H3.